The van der Waals surface area contributed by atoms with Crippen molar-refractivity contribution in [2.24, 2.45) is 11.8 Å². The summed E-state index contributed by atoms with van der Waals surface area (Å²) in [5.41, 5.74) is 3.41. The Morgan fingerprint density at radius 1 is 1.00 bits per heavy atom. The van der Waals surface area contributed by atoms with Gasteiger partial charge >= 0.3 is 0 Å². The minimum absolute atomic E-state index is 0.0210. The number of likely N-dealkylation sites (tertiary alicyclic amines) is 1. The number of likely N-dealkylation sites (N-methyl/N-ethyl adjacent to an activating group) is 1. The Morgan fingerprint density at radius 3 is 2.28 bits per heavy atom. The third-order valence-electron chi connectivity index (χ3n) is 6.11. The van der Waals surface area contributed by atoms with E-state index in [4.69, 9.17) is 4.74 Å². The number of methoxy groups -OCH3 is 1. The van der Waals surface area contributed by atoms with Crippen LogP contribution in [-0.2, 0) is 22.6 Å². The minimum atomic E-state index is -0.0673. The normalized spacial score (nSPS) is 18.5. The van der Waals surface area contributed by atoms with Gasteiger partial charge in [0.05, 0.1) is 13.0 Å². The Balaban J connectivity index is 1.55. The molecule has 1 heterocycles. The van der Waals surface area contributed by atoms with Crippen molar-refractivity contribution in [1.82, 2.24) is 15.5 Å². The Labute approximate surface area is 191 Å². The van der Waals surface area contributed by atoms with E-state index in [1.807, 2.05) is 50.2 Å². The van der Waals surface area contributed by atoms with Crippen molar-refractivity contribution in [1.29, 1.82) is 0 Å². The van der Waals surface area contributed by atoms with Crippen LogP contribution in [0.15, 0.2) is 48.5 Å². The molecule has 2 aromatic carbocycles. The van der Waals surface area contributed by atoms with Crippen molar-refractivity contribution in [3.8, 4) is 5.75 Å². The van der Waals surface area contributed by atoms with Crippen LogP contribution in [0.4, 0.5) is 0 Å². The lowest BCUT2D eigenvalue weighted by Crippen LogP contribution is -2.35. The molecule has 32 heavy (non-hydrogen) atoms. The zero-order valence-corrected chi connectivity index (χ0v) is 19.6. The van der Waals surface area contributed by atoms with E-state index in [1.165, 1.54) is 11.1 Å². The second-order valence-electron chi connectivity index (χ2n) is 8.94. The van der Waals surface area contributed by atoms with E-state index >= 15 is 0 Å². The maximum atomic E-state index is 13.0. The number of ether oxygens (including phenoxy) is 1. The molecule has 0 aliphatic carbocycles. The molecule has 6 nitrogen and oxygen atoms in total. The number of hydrogen-bond acceptors (Lipinski definition) is 4. The number of rotatable bonds is 9. The highest BCUT2D eigenvalue weighted by molar-refractivity contribution is 5.80. The summed E-state index contributed by atoms with van der Waals surface area (Å²) >= 11 is 0. The molecule has 2 N–H and O–H groups in total. The van der Waals surface area contributed by atoms with E-state index in [0.717, 1.165) is 30.8 Å². The molecule has 1 aliphatic heterocycles. The summed E-state index contributed by atoms with van der Waals surface area (Å²) in [5, 5.41) is 6.08. The number of amides is 2. The summed E-state index contributed by atoms with van der Waals surface area (Å²) in [5.74, 6) is 1.08. The average Bonchev–Trinajstić information content (AvgIpc) is 3.19. The summed E-state index contributed by atoms with van der Waals surface area (Å²) in [6, 6.07) is 16.2. The zero-order chi connectivity index (χ0) is 23.1. The number of nitrogens with one attached hydrogen (secondary N) is 2. The van der Waals surface area contributed by atoms with Crippen LogP contribution in [0.2, 0.25) is 0 Å². The van der Waals surface area contributed by atoms with Crippen molar-refractivity contribution >= 4 is 11.8 Å². The molecule has 0 aromatic heterocycles. The van der Waals surface area contributed by atoms with Crippen molar-refractivity contribution in [2.75, 3.05) is 33.8 Å². The predicted molar refractivity (Wildman–Crippen MR) is 127 cm³/mol. The van der Waals surface area contributed by atoms with Crippen LogP contribution in [0.3, 0.4) is 0 Å². The molecule has 0 saturated carbocycles. The van der Waals surface area contributed by atoms with Gasteiger partial charge in [-0.15, -0.1) is 0 Å². The molecular formula is C26H35N3O3. The Bertz CT molecular complexity index is 894. The van der Waals surface area contributed by atoms with Crippen LogP contribution in [0.5, 0.6) is 5.75 Å². The van der Waals surface area contributed by atoms with E-state index in [1.54, 1.807) is 7.11 Å². The first-order valence-corrected chi connectivity index (χ1v) is 11.3. The van der Waals surface area contributed by atoms with E-state index in [2.05, 4.69) is 34.7 Å². The summed E-state index contributed by atoms with van der Waals surface area (Å²) in [4.78, 5) is 27.0. The molecule has 1 aliphatic rings. The SMILES string of the molecule is COc1ccc(CCNC(=O)[C@@H]2CN(C)C[C@@H]2c2ccc(CNC(=O)C(C)C)cc2)cc1. The second-order valence-corrected chi connectivity index (χ2v) is 8.94. The molecular weight excluding hydrogens is 402 g/mol. The lowest BCUT2D eigenvalue weighted by atomic mass is 9.88. The van der Waals surface area contributed by atoms with Gasteiger partial charge in [-0.05, 0) is 42.3 Å². The summed E-state index contributed by atoms with van der Waals surface area (Å²) in [6.07, 6.45) is 0.791. The highest BCUT2D eigenvalue weighted by Gasteiger charge is 2.36. The number of carbonyl (C=O) groups excluding carboxylic acids is 2. The van der Waals surface area contributed by atoms with Gasteiger partial charge in [0.2, 0.25) is 11.8 Å². The summed E-state index contributed by atoms with van der Waals surface area (Å²) in [7, 11) is 3.72. The van der Waals surface area contributed by atoms with E-state index < -0.39 is 0 Å². The van der Waals surface area contributed by atoms with Gasteiger partial charge in [-0.25, -0.2) is 0 Å². The zero-order valence-electron chi connectivity index (χ0n) is 19.6. The smallest absolute Gasteiger partial charge is 0.225 e. The van der Waals surface area contributed by atoms with Gasteiger partial charge in [0.25, 0.3) is 0 Å². The van der Waals surface area contributed by atoms with Crippen LogP contribution in [0.1, 0.15) is 36.5 Å². The number of nitrogens with zero attached hydrogens (tertiary/aromatic N) is 1. The highest BCUT2D eigenvalue weighted by atomic mass is 16.5. The van der Waals surface area contributed by atoms with Gasteiger partial charge in [0.15, 0.2) is 0 Å². The molecule has 6 heteroatoms. The molecule has 0 bridgehead atoms. The molecule has 0 spiro atoms. The quantitative estimate of drug-likeness (QED) is 0.633. The third kappa shape index (κ3) is 6.33. The van der Waals surface area contributed by atoms with Gasteiger partial charge in [-0.1, -0.05) is 50.2 Å². The van der Waals surface area contributed by atoms with Crippen LogP contribution in [0, 0.1) is 11.8 Å². The van der Waals surface area contributed by atoms with Gasteiger partial charge in [0.1, 0.15) is 5.75 Å². The van der Waals surface area contributed by atoms with Gasteiger partial charge in [-0.2, -0.15) is 0 Å². The fourth-order valence-electron chi connectivity index (χ4n) is 4.13. The van der Waals surface area contributed by atoms with Crippen molar-refractivity contribution in [2.45, 2.75) is 32.7 Å². The second kappa shape index (κ2) is 11.1. The Kier molecular flexibility index (Phi) is 8.28. The average molecular weight is 438 g/mol. The number of carbonyl (C=O) groups is 2. The Hall–Kier alpha value is -2.86. The lowest BCUT2D eigenvalue weighted by molar-refractivity contribution is -0.125. The van der Waals surface area contributed by atoms with Crippen LogP contribution in [-0.4, -0.2) is 50.5 Å². The van der Waals surface area contributed by atoms with Crippen molar-refractivity contribution < 1.29 is 14.3 Å². The molecule has 1 saturated heterocycles. The standard InChI is InChI=1S/C26H35N3O3/c1-18(2)25(30)28-15-20-5-9-21(10-6-20)23-16-29(3)17-24(23)26(31)27-14-13-19-7-11-22(32-4)12-8-19/h5-12,18,23-24H,13-17H2,1-4H3,(H,27,31)(H,28,30)/t23-,24-/m1/s1. The van der Waals surface area contributed by atoms with Crippen molar-refractivity contribution in [3.05, 3.63) is 65.2 Å². The van der Waals surface area contributed by atoms with E-state index in [9.17, 15) is 9.59 Å². The van der Waals surface area contributed by atoms with Crippen LogP contribution in [0.25, 0.3) is 0 Å². The maximum absolute atomic E-state index is 13.0. The van der Waals surface area contributed by atoms with Crippen LogP contribution >= 0.6 is 0 Å². The van der Waals surface area contributed by atoms with Gasteiger partial charge < -0.3 is 20.3 Å². The van der Waals surface area contributed by atoms with Gasteiger partial charge in [-0.3, -0.25) is 9.59 Å². The van der Waals surface area contributed by atoms with Gasteiger partial charge in [0, 0.05) is 38.0 Å². The third-order valence-corrected chi connectivity index (χ3v) is 6.11. The van der Waals surface area contributed by atoms with Crippen LogP contribution < -0.4 is 15.4 Å². The largest absolute Gasteiger partial charge is 0.497 e. The topological polar surface area (TPSA) is 70.7 Å². The lowest BCUT2D eigenvalue weighted by Gasteiger charge is -2.19. The molecule has 172 valence electrons. The van der Waals surface area contributed by atoms with E-state index in [0.29, 0.717) is 13.1 Å². The first kappa shape index (κ1) is 23.8. The first-order chi connectivity index (χ1) is 15.4. The number of benzene rings is 2. The Morgan fingerprint density at radius 2 is 1.66 bits per heavy atom. The number of hydrogen-bond donors (Lipinski definition) is 2. The summed E-state index contributed by atoms with van der Waals surface area (Å²) in [6.45, 7) is 6.53. The van der Waals surface area contributed by atoms with E-state index in [-0.39, 0.29) is 29.6 Å². The molecule has 0 unspecified atom stereocenters. The summed E-state index contributed by atoms with van der Waals surface area (Å²) < 4.78 is 5.19. The molecule has 1 fully saturated rings. The first-order valence-electron chi connectivity index (χ1n) is 11.3. The minimum Gasteiger partial charge on any atom is -0.497 e. The fraction of sp³-hybridized carbons (Fsp3) is 0.462. The molecule has 0 radical (unpaired) electrons. The fourth-order valence-corrected chi connectivity index (χ4v) is 4.13. The molecule has 3 rings (SSSR count). The predicted octanol–water partition coefficient (Wildman–Crippen LogP) is 2.97. The highest BCUT2D eigenvalue weighted by Crippen LogP contribution is 2.32. The molecule has 2 amide bonds. The molecule has 2 aromatic rings. The maximum Gasteiger partial charge on any atom is 0.225 e. The van der Waals surface area contributed by atoms with Crippen molar-refractivity contribution in [3.63, 3.8) is 0 Å². The monoisotopic (exact) mass is 437 g/mol. The molecule has 2 atom stereocenters.